The van der Waals surface area contributed by atoms with Crippen LogP contribution in [0.2, 0.25) is 0 Å². The number of anilines is 1. The molecule has 0 aliphatic carbocycles. The third-order valence-electron chi connectivity index (χ3n) is 3.74. The average Bonchev–Trinajstić information content (AvgIpc) is 2.60. The molecule has 136 valence electrons. The van der Waals surface area contributed by atoms with Crippen LogP contribution in [0.3, 0.4) is 0 Å². The van der Waals surface area contributed by atoms with E-state index in [2.05, 4.69) is 9.71 Å². The highest BCUT2D eigenvalue weighted by Gasteiger charge is 2.30. The fourth-order valence-corrected chi connectivity index (χ4v) is 3.48. The molecule has 0 radical (unpaired) electrons. The number of nitrogens with one attached hydrogen (secondary N) is 1. The second-order valence-electron chi connectivity index (χ2n) is 5.41. The van der Waals surface area contributed by atoms with E-state index in [1.807, 2.05) is 0 Å². The van der Waals surface area contributed by atoms with Crippen molar-refractivity contribution in [1.82, 2.24) is 4.90 Å². The van der Waals surface area contributed by atoms with Gasteiger partial charge in [-0.1, -0.05) is 0 Å². The number of carbonyl (C=O) groups excluding carboxylic acids is 1. The van der Waals surface area contributed by atoms with E-state index in [4.69, 9.17) is 4.74 Å². The van der Waals surface area contributed by atoms with Crippen LogP contribution in [0.1, 0.15) is 0 Å². The van der Waals surface area contributed by atoms with Gasteiger partial charge < -0.3 is 15.0 Å². The Labute approximate surface area is 148 Å². The standard InChI is InChI=1S/C15H14N4O6S/c1-25-13-5-4-10(19(21)22)9-12(13)16-15(20)11-3-2-6-18-7-8-26(23,24)17-14(11)18/h2-6,9H,7-8H2,1H3,(H,16,20). The number of hydrogen-bond acceptors (Lipinski definition) is 7. The highest BCUT2D eigenvalue weighted by Crippen LogP contribution is 2.29. The Bertz CT molecular complexity index is 980. The SMILES string of the molecule is COc1ccc([N+](=O)[O-])cc1NC(=O)C1=CC=CN2CCS(=O)(=O)N=C12. The molecule has 26 heavy (non-hydrogen) atoms. The van der Waals surface area contributed by atoms with E-state index in [0.717, 1.165) is 6.07 Å². The molecule has 0 saturated heterocycles. The second-order valence-corrected chi connectivity index (χ2v) is 7.17. The summed E-state index contributed by atoms with van der Waals surface area (Å²) >= 11 is 0. The number of methoxy groups -OCH3 is 1. The number of fused-ring (bicyclic) bond motifs is 1. The van der Waals surface area contributed by atoms with Gasteiger partial charge in [0.2, 0.25) is 0 Å². The van der Waals surface area contributed by atoms with Gasteiger partial charge in [-0.25, -0.2) is 8.42 Å². The van der Waals surface area contributed by atoms with Crippen molar-refractivity contribution in [2.45, 2.75) is 0 Å². The van der Waals surface area contributed by atoms with Crippen LogP contribution in [-0.4, -0.2) is 49.4 Å². The third kappa shape index (κ3) is 3.42. The Morgan fingerprint density at radius 1 is 1.42 bits per heavy atom. The Hall–Kier alpha value is -3.21. The quantitative estimate of drug-likeness (QED) is 0.611. The van der Waals surface area contributed by atoms with Crippen LogP contribution in [0.4, 0.5) is 11.4 Å². The van der Waals surface area contributed by atoms with Gasteiger partial charge in [0.1, 0.15) is 5.75 Å². The minimum atomic E-state index is -3.65. The molecule has 10 nitrogen and oxygen atoms in total. The van der Waals surface area contributed by atoms with E-state index < -0.39 is 20.9 Å². The lowest BCUT2D eigenvalue weighted by molar-refractivity contribution is -0.384. The van der Waals surface area contributed by atoms with Gasteiger partial charge in [0.15, 0.2) is 5.84 Å². The third-order valence-corrected chi connectivity index (χ3v) is 4.89. The molecule has 11 heteroatoms. The summed E-state index contributed by atoms with van der Waals surface area (Å²) in [6.45, 7) is 0.183. The fraction of sp³-hybridized carbons (Fsp3) is 0.200. The number of nitro benzene ring substituents is 1. The molecule has 0 atom stereocenters. The molecule has 1 N–H and O–H groups in total. The largest absolute Gasteiger partial charge is 0.495 e. The van der Waals surface area contributed by atoms with E-state index in [-0.39, 0.29) is 40.8 Å². The van der Waals surface area contributed by atoms with Crippen molar-refractivity contribution >= 4 is 33.1 Å². The number of carbonyl (C=O) groups is 1. The van der Waals surface area contributed by atoms with Crippen LogP contribution in [0.15, 0.2) is 46.5 Å². The molecule has 2 heterocycles. The molecule has 2 aliphatic heterocycles. The highest BCUT2D eigenvalue weighted by molar-refractivity contribution is 7.90. The summed E-state index contributed by atoms with van der Waals surface area (Å²) in [5, 5.41) is 13.5. The van der Waals surface area contributed by atoms with Crippen molar-refractivity contribution in [3.05, 3.63) is 52.2 Å². The minimum absolute atomic E-state index is 0.0145. The van der Waals surface area contributed by atoms with Crippen molar-refractivity contribution < 1.29 is 22.9 Å². The van der Waals surface area contributed by atoms with Crippen LogP contribution in [0, 0.1) is 10.1 Å². The molecule has 2 aliphatic rings. The highest BCUT2D eigenvalue weighted by atomic mass is 32.2. The molecular formula is C15H14N4O6S. The maximum absolute atomic E-state index is 12.6. The van der Waals surface area contributed by atoms with E-state index >= 15 is 0 Å². The predicted octanol–water partition coefficient (Wildman–Crippen LogP) is 1.04. The number of nitrogens with zero attached hydrogens (tertiary/aromatic N) is 3. The first-order valence-corrected chi connectivity index (χ1v) is 9.03. The summed E-state index contributed by atoms with van der Waals surface area (Å²) < 4.78 is 32.3. The average molecular weight is 378 g/mol. The molecule has 0 spiro atoms. The number of amides is 1. The Balaban J connectivity index is 1.94. The maximum atomic E-state index is 12.6. The Morgan fingerprint density at radius 3 is 2.88 bits per heavy atom. The number of sulfonamides is 1. The molecule has 1 aromatic rings. The lowest BCUT2D eigenvalue weighted by Gasteiger charge is -2.28. The number of ether oxygens (including phenoxy) is 1. The van der Waals surface area contributed by atoms with Gasteiger partial charge in [0.05, 0.1) is 29.0 Å². The minimum Gasteiger partial charge on any atom is -0.495 e. The van der Waals surface area contributed by atoms with E-state index in [9.17, 15) is 23.3 Å². The number of rotatable bonds is 4. The van der Waals surface area contributed by atoms with Gasteiger partial charge in [0, 0.05) is 24.9 Å². The molecule has 3 rings (SSSR count). The summed E-state index contributed by atoms with van der Waals surface area (Å²) in [5.41, 5.74) is -0.102. The summed E-state index contributed by atoms with van der Waals surface area (Å²) in [7, 11) is -2.29. The van der Waals surface area contributed by atoms with Gasteiger partial charge in [-0.15, -0.1) is 4.40 Å². The molecule has 0 aromatic heterocycles. The van der Waals surface area contributed by atoms with Gasteiger partial charge in [-0.3, -0.25) is 14.9 Å². The molecule has 0 fully saturated rings. The first kappa shape index (κ1) is 17.6. The van der Waals surface area contributed by atoms with Crippen LogP contribution in [0.5, 0.6) is 5.75 Å². The number of non-ortho nitro benzene ring substituents is 1. The number of allylic oxidation sites excluding steroid dienone is 2. The first-order valence-electron chi connectivity index (χ1n) is 7.42. The molecule has 0 unspecified atom stereocenters. The van der Waals surface area contributed by atoms with E-state index in [1.165, 1.54) is 25.3 Å². The molecular weight excluding hydrogens is 364 g/mol. The van der Waals surface area contributed by atoms with Crippen molar-refractivity contribution in [2.24, 2.45) is 4.40 Å². The van der Waals surface area contributed by atoms with Gasteiger partial charge in [-0.05, 0) is 18.2 Å². The normalized spacial score (nSPS) is 17.7. The summed E-state index contributed by atoms with van der Waals surface area (Å²) in [6, 6.07) is 3.77. The Morgan fingerprint density at radius 2 is 2.19 bits per heavy atom. The zero-order valence-corrected chi connectivity index (χ0v) is 14.4. The van der Waals surface area contributed by atoms with Crippen molar-refractivity contribution in [1.29, 1.82) is 0 Å². The van der Waals surface area contributed by atoms with Crippen LogP contribution < -0.4 is 10.1 Å². The topological polar surface area (TPSA) is 131 Å². The number of hydrogen-bond donors (Lipinski definition) is 1. The summed E-state index contributed by atoms with van der Waals surface area (Å²) in [5.74, 6) is -0.561. The van der Waals surface area contributed by atoms with E-state index in [0.29, 0.717) is 0 Å². The molecule has 0 bridgehead atoms. The van der Waals surface area contributed by atoms with Crippen LogP contribution in [0.25, 0.3) is 0 Å². The lowest BCUT2D eigenvalue weighted by atomic mass is 10.1. The lowest BCUT2D eigenvalue weighted by Crippen LogP contribution is -2.40. The number of benzene rings is 1. The van der Waals surface area contributed by atoms with Crippen molar-refractivity contribution in [3.8, 4) is 5.75 Å². The predicted molar refractivity (Wildman–Crippen MR) is 93.4 cm³/mol. The monoisotopic (exact) mass is 378 g/mol. The molecule has 0 saturated carbocycles. The van der Waals surface area contributed by atoms with Crippen molar-refractivity contribution in [3.63, 3.8) is 0 Å². The molecule has 1 aromatic carbocycles. The van der Waals surface area contributed by atoms with Gasteiger partial charge >= 0.3 is 0 Å². The van der Waals surface area contributed by atoms with Crippen molar-refractivity contribution in [2.75, 3.05) is 24.7 Å². The maximum Gasteiger partial charge on any atom is 0.271 e. The van der Waals surface area contributed by atoms with E-state index in [1.54, 1.807) is 17.2 Å². The van der Waals surface area contributed by atoms with Crippen LogP contribution >= 0.6 is 0 Å². The first-order chi connectivity index (χ1) is 12.3. The Kier molecular flexibility index (Phi) is 4.47. The number of amidine groups is 1. The van der Waals surface area contributed by atoms with Gasteiger partial charge in [-0.2, -0.15) is 0 Å². The van der Waals surface area contributed by atoms with Crippen LogP contribution in [-0.2, 0) is 14.8 Å². The van der Waals surface area contributed by atoms with Gasteiger partial charge in [0.25, 0.3) is 21.6 Å². The molecule has 1 amide bonds. The second kappa shape index (κ2) is 6.59. The summed E-state index contributed by atoms with van der Waals surface area (Å²) in [4.78, 5) is 24.5. The number of nitro groups is 1. The zero-order valence-electron chi connectivity index (χ0n) is 13.6. The summed E-state index contributed by atoms with van der Waals surface area (Å²) in [6.07, 6.45) is 4.64. The smallest absolute Gasteiger partial charge is 0.271 e. The zero-order chi connectivity index (χ0) is 18.9. The fourth-order valence-electron chi connectivity index (χ4n) is 2.49.